The van der Waals surface area contributed by atoms with Crippen LogP contribution in [0.15, 0.2) is 70.4 Å². The molecular formula is C19H15FN2O4. The molecule has 0 fully saturated rings. The number of rotatable bonds is 5. The zero-order valence-electron chi connectivity index (χ0n) is 13.6. The lowest BCUT2D eigenvalue weighted by molar-refractivity contribution is 0.0693. The molecule has 1 heterocycles. The number of carboxylic acids is 1. The average molecular weight is 354 g/mol. The molecular weight excluding hydrogens is 339 g/mol. The van der Waals surface area contributed by atoms with Crippen LogP contribution in [0.1, 0.15) is 15.9 Å². The first-order valence-electron chi connectivity index (χ1n) is 7.87. The fourth-order valence-electron chi connectivity index (χ4n) is 2.62. The molecule has 0 unspecified atom stereocenters. The van der Waals surface area contributed by atoms with E-state index in [9.17, 15) is 23.9 Å². The van der Waals surface area contributed by atoms with E-state index in [-0.39, 0.29) is 12.2 Å². The van der Waals surface area contributed by atoms with Gasteiger partial charge in [0.1, 0.15) is 11.4 Å². The van der Waals surface area contributed by atoms with Crippen molar-refractivity contribution in [1.82, 2.24) is 9.13 Å². The molecule has 0 atom stereocenters. The van der Waals surface area contributed by atoms with E-state index < -0.39 is 28.6 Å². The Morgan fingerprint density at radius 1 is 1.00 bits per heavy atom. The number of nitrogens with zero attached hydrogens (tertiary/aromatic N) is 2. The molecule has 0 aliphatic rings. The summed E-state index contributed by atoms with van der Waals surface area (Å²) in [5, 5.41) is 9.29. The predicted molar refractivity (Wildman–Crippen MR) is 93.4 cm³/mol. The first kappa shape index (κ1) is 17.3. The minimum Gasteiger partial charge on any atom is -0.477 e. The summed E-state index contributed by atoms with van der Waals surface area (Å²) in [6, 6.07) is 14.1. The first-order valence-corrected chi connectivity index (χ1v) is 7.87. The molecule has 0 radical (unpaired) electrons. The van der Waals surface area contributed by atoms with Crippen molar-refractivity contribution in [2.24, 2.45) is 0 Å². The van der Waals surface area contributed by atoms with E-state index in [2.05, 4.69) is 0 Å². The van der Waals surface area contributed by atoms with Gasteiger partial charge in [-0.2, -0.15) is 0 Å². The van der Waals surface area contributed by atoms with Gasteiger partial charge >= 0.3 is 11.7 Å². The van der Waals surface area contributed by atoms with Crippen molar-refractivity contribution in [3.63, 3.8) is 0 Å². The lowest BCUT2D eigenvalue weighted by Gasteiger charge is -2.12. The molecule has 26 heavy (non-hydrogen) atoms. The van der Waals surface area contributed by atoms with Gasteiger partial charge in [-0.25, -0.2) is 18.5 Å². The second kappa shape index (κ2) is 7.18. The lowest BCUT2D eigenvalue weighted by Crippen LogP contribution is -2.41. The molecule has 0 aliphatic carbocycles. The average Bonchev–Trinajstić information content (AvgIpc) is 2.63. The van der Waals surface area contributed by atoms with Crippen LogP contribution in [0.5, 0.6) is 0 Å². The van der Waals surface area contributed by atoms with Crippen LogP contribution in [0.3, 0.4) is 0 Å². The minimum atomic E-state index is -1.43. The zero-order chi connectivity index (χ0) is 18.7. The SMILES string of the molecule is O=C(O)c1cn(CCc2ccccc2)c(=O)n(-c2ccc(F)cc2)c1=O. The Morgan fingerprint density at radius 3 is 2.27 bits per heavy atom. The number of carbonyl (C=O) groups is 1. The summed E-state index contributed by atoms with van der Waals surface area (Å²) in [5.41, 5.74) is -1.08. The molecule has 2 aromatic carbocycles. The third-order valence-corrected chi connectivity index (χ3v) is 3.95. The summed E-state index contributed by atoms with van der Waals surface area (Å²) < 4.78 is 15.1. The number of aromatic nitrogens is 2. The van der Waals surface area contributed by atoms with Crippen molar-refractivity contribution in [2.75, 3.05) is 0 Å². The molecule has 7 heteroatoms. The second-order valence-electron chi connectivity index (χ2n) is 5.68. The Kier molecular flexibility index (Phi) is 4.79. The van der Waals surface area contributed by atoms with Crippen LogP contribution in [0, 0.1) is 5.82 Å². The van der Waals surface area contributed by atoms with Crippen LogP contribution in [0.4, 0.5) is 4.39 Å². The van der Waals surface area contributed by atoms with Gasteiger partial charge in [0.2, 0.25) is 0 Å². The van der Waals surface area contributed by atoms with Gasteiger partial charge in [-0.15, -0.1) is 0 Å². The Balaban J connectivity index is 2.10. The molecule has 0 spiro atoms. The van der Waals surface area contributed by atoms with Crippen LogP contribution in [-0.2, 0) is 13.0 Å². The maximum Gasteiger partial charge on any atom is 0.342 e. The Bertz CT molecular complexity index is 1050. The molecule has 1 N–H and O–H groups in total. The molecule has 3 aromatic rings. The lowest BCUT2D eigenvalue weighted by atomic mass is 10.1. The summed E-state index contributed by atoms with van der Waals surface area (Å²) in [7, 11) is 0. The Labute approximate surface area is 147 Å². The van der Waals surface area contributed by atoms with Gasteiger partial charge in [0.05, 0.1) is 5.69 Å². The molecule has 132 valence electrons. The maximum absolute atomic E-state index is 13.1. The van der Waals surface area contributed by atoms with Crippen molar-refractivity contribution in [3.05, 3.63) is 98.6 Å². The topological polar surface area (TPSA) is 81.3 Å². The monoisotopic (exact) mass is 354 g/mol. The van der Waals surface area contributed by atoms with Crippen LogP contribution < -0.4 is 11.2 Å². The third-order valence-electron chi connectivity index (χ3n) is 3.95. The number of aryl methyl sites for hydroxylation is 2. The highest BCUT2D eigenvalue weighted by Gasteiger charge is 2.17. The highest BCUT2D eigenvalue weighted by molar-refractivity contribution is 5.86. The molecule has 6 nitrogen and oxygen atoms in total. The van der Waals surface area contributed by atoms with Gasteiger partial charge in [0.15, 0.2) is 0 Å². The predicted octanol–water partition coefficient (Wildman–Crippen LogP) is 2.08. The van der Waals surface area contributed by atoms with E-state index in [1.165, 1.54) is 16.7 Å². The molecule has 3 rings (SSSR count). The summed E-state index contributed by atoms with van der Waals surface area (Å²) in [4.78, 5) is 36.5. The fourth-order valence-corrected chi connectivity index (χ4v) is 2.62. The molecule has 0 saturated carbocycles. The summed E-state index contributed by atoms with van der Waals surface area (Å²) in [5.74, 6) is -1.96. The van der Waals surface area contributed by atoms with Gasteiger partial charge in [0, 0.05) is 12.7 Å². The number of halogens is 1. The van der Waals surface area contributed by atoms with Gasteiger partial charge in [-0.1, -0.05) is 30.3 Å². The van der Waals surface area contributed by atoms with Crippen molar-refractivity contribution in [3.8, 4) is 5.69 Å². The Hall–Kier alpha value is -3.48. The zero-order valence-corrected chi connectivity index (χ0v) is 13.6. The van der Waals surface area contributed by atoms with Crippen molar-refractivity contribution in [2.45, 2.75) is 13.0 Å². The molecule has 0 bridgehead atoms. The highest BCUT2D eigenvalue weighted by atomic mass is 19.1. The largest absolute Gasteiger partial charge is 0.477 e. The quantitative estimate of drug-likeness (QED) is 0.761. The van der Waals surface area contributed by atoms with Crippen molar-refractivity contribution >= 4 is 5.97 Å². The minimum absolute atomic E-state index is 0.109. The molecule has 0 saturated heterocycles. The van der Waals surface area contributed by atoms with Crippen LogP contribution in [0.25, 0.3) is 5.69 Å². The summed E-state index contributed by atoms with van der Waals surface area (Å²) in [6.07, 6.45) is 1.54. The highest BCUT2D eigenvalue weighted by Crippen LogP contribution is 2.06. The number of benzene rings is 2. The fraction of sp³-hybridized carbons (Fsp3) is 0.105. The first-order chi connectivity index (χ1) is 12.5. The number of aromatic carboxylic acids is 1. The van der Waals surface area contributed by atoms with Gasteiger partial charge < -0.3 is 5.11 Å². The van der Waals surface area contributed by atoms with E-state index in [1.807, 2.05) is 30.3 Å². The molecule has 1 aromatic heterocycles. The van der Waals surface area contributed by atoms with Crippen molar-refractivity contribution < 1.29 is 14.3 Å². The molecule has 0 amide bonds. The van der Waals surface area contributed by atoms with Crippen LogP contribution in [0.2, 0.25) is 0 Å². The number of hydrogen-bond donors (Lipinski definition) is 1. The standard InChI is InChI=1S/C19H15FN2O4/c20-14-6-8-15(9-7-14)22-17(23)16(18(24)25)12-21(19(22)26)11-10-13-4-2-1-3-5-13/h1-9,12H,10-11H2,(H,24,25). The Morgan fingerprint density at radius 2 is 1.65 bits per heavy atom. The van der Waals surface area contributed by atoms with Gasteiger partial charge in [-0.05, 0) is 36.2 Å². The molecule has 0 aliphatic heterocycles. The number of carboxylic acid groups (broad SMARTS) is 1. The summed E-state index contributed by atoms with van der Waals surface area (Å²) in [6.45, 7) is 0.199. The van der Waals surface area contributed by atoms with E-state index in [0.29, 0.717) is 6.42 Å². The van der Waals surface area contributed by atoms with Gasteiger partial charge in [0.25, 0.3) is 5.56 Å². The second-order valence-corrected chi connectivity index (χ2v) is 5.68. The van der Waals surface area contributed by atoms with E-state index in [4.69, 9.17) is 0 Å². The normalized spacial score (nSPS) is 10.7. The maximum atomic E-state index is 13.1. The van der Waals surface area contributed by atoms with Crippen LogP contribution in [-0.4, -0.2) is 20.2 Å². The van der Waals surface area contributed by atoms with Gasteiger partial charge in [-0.3, -0.25) is 9.36 Å². The number of hydrogen-bond acceptors (Lipinski definition) is 3. The van der Waals surface area contributed by atoms with E-state index in [1.54, 1.807) is 0 Å². The van der Waals surface area contributed by atoms with Crippen molar-refractivity contribution in [1.29, 1.82) is 0 Å². The third kappa shape index (κ3) is 3.46. The van der Waals surface area contributed by atoms with E-state index >= 15 is 0 Å². The smallest absolute Gasteiger partial charge is 0.342 e. The summed E-state index contributed by atoms with van der Waals surface area (Å²) >= 11 is 0. The van der Waals surface area contributed by atoms with E-state index in [0.717, 1.165) is 28.5 Å². The van der Waals surface area contributed by atoms with Crippen LogP contribution >= 0.6 is 0 Å².